The van der Waals surface area contributed by atoms with Crippen LogP contribution in [0.5, 0.6) is 0 Å². The fourth-order valence-electron chi connectivity index (χ4n) is 2.50. The molecule has 116 valence electrons. The van der Waals surface area contributed by atoms with Crippen molar-refractivity contribution in [2.75, 3.05) is 0 Å². The maximum Gasteiger partial charge on any atom is 0.244 e. The molecule has 0 unspecified atom stereocenters. The Hall–Kier alpha value is -2.16. The van der Waals surface area contributed by atoms with Gasteiger partial charge in [0.1, 0.15) is 0 Å². The first-order valence-corrected chi connectivity index (χ1v) is 8.08. The fraction of sp³-hybridized carbons (Fsp3) is 0.368. The zero-order valence-electron chi connectivity index (χ0n) is 13.2. The second-order valence-corrected chi connectivity index (χ2v) is 5.51. The number of nitrogens with zero attached hydrogens (tertiary/aromatic N) is 1. The Morgan fingerprint density at radius 1 is 1.09 bits per heavy atom. The van der Waals surface area contributed by atoms with Crippen LogP contribution in [-0.4, -0.2) is 12.1 Å². The van der Waals surface area contributed by atoms with Crippen LogP contribution in [0.2, 0.25) is 0 Å². The standard InChI is InChI=1S/C19H24N2O/c1-2-3-4-5-8-14-20-21-19(22)15-17-12-9-11-16-10-6-7-13-18(16)17/h6-7,9-14H,2-5,8,15H2,1H3,(H,21,22)/b20-14-. The van der Waals surface area contributed by atoms with Gasteiger partial charge in [0.15, 0.2) is 0 Å². The normalized spacial score (nSPS) is 11.1. The van der Waals surface area contributed by atoms with Crippen LogP contribution < -0.4 is 5.43 Å². The average molecular weight is 296 g/mol. The number of benzene rings is 2. The van der Waals surface area contributed by atoms with E-state index < -0.39 is 0 Å². The molecule has 2 aromatic rings. The molecule has 0 saturated carbocycles. The maximum atomic E-state index is 12.0. The second kappa shape index (κ2) is 8.98. The Labute approximate surface area is 132 Å². The van der Waals surface area contributed by atoms with Crippen molar-refractivity contribution in [3.8, 4) is 0 Å². The van der Waals surface area contributed by atoms with Gasteiger partial charge in [0, 0.05) is 6.21 Å². The molecule has 3 nitrogen and oxygen atoms in total. The van der Waals surface area contributed by atoms with Gasteiger partial charge >= 0.3 is 0 Å². The number of unbranched alkanes of at least 4 members (excludes halogenated alkanes) is 4. The summed E-state index contributed by atoms with van der Waals surface area (Å²) in [5.41, 5.74) is 3.65. The molecule has 22 heavy (non-hydrogen) atoms. The van der Waals surface area contributed by atoms with Crippen LogP contribution in [0.15, 0.2) is 47.6 Å². The molecule has 0 saturated heterocycles. The predicted molar refractivity (Wildman–Crippen MR) is 93.0 cm³/mol. The molecule has 0 aliphatic carbocycles. The molecule has 0 radical (unpaired) electrons. The van der Waals surface area contributed by atoms with Gasteiger partial charge in [-0.2, -0.15) is 5.10 Å². The van der Waals surface area contributed by atoms with E-state index in [9.17, 15) is 4.79 Å². The number of carbonyl (C=O) groups is 1. The number of fused-ring (bicyclic) bond motifs is 1. The minimum atomic E-state index is -0.0684. The SMILES string of the molecule is CCCCCC/C=N\NC(=O)Cc1cccc2ccccc12. The van der Waals surface area contributed by atoms with E-state index >= 15 is 0 Å². The fourth-order valence-corrected chi connectivity index (χ4v) is 2.50. The smallest absolute Gasteiger partial charge is 0.244 e. The topological polar surface area (TPSA) is 41.5 Å². The van der Waals surface area contributed by atoms with Crippen molar-refractivity contribution in [2.24, 2.45) is 5.10 Å². The molecule has 0 spiro atoms. The zero-order chi connectivity index (χ0) is 15.6. The van der Waals surface area contributed by atoms with E-state index in [1.54, 1.807) is 6.21 Å². The predicted octanol–water partition coefficient (Wildman–Crippen LogP) is 4.45. The van der Waals surface area contributed by atoms with Crippen LogP contribution >= 0.6 is 0 Å². The molecule has 0 aromatic heterocycles. The first kappa shape index (κ1) is 16.2. The van der Waals surface area contributed by atoms with Crippen molar-refractivity contribution in [3.63, 3.8) is 0 Å². The summed E-state index contributed by atoms with van der Waals surface area (Å²) in [5, 5.41) is 6.31. The summed E-state index contributed by atoms with van der Waals surface area (Å²) in [5.74, 6) is -0.0684. The summed E-state index contributed by atoms with van der Waals surface area (Å²) in [6.07, 6.45) is 7.95. The van der Waals surface area contributed by atoms with Gasteiger partial charge in [-0.15, -0.1) is 0 Å². The highest BCUT2D eigenvalue weighted by atomic mass is 16.2. The third-order valence-corrected chi connectivity index (χ3v) is 3.70. The largest absolute Gasteiger partial charge is 0.273 e. The Morgan fingerprint density at radius 3 is 2.77 bits per heavy atom. The highest BCUT2D eigenvalue weighted by Crippen LogP contribution is 2.18. The van der Waals surface area contributed by atoms with E-state index in [1.807, 2.05) is 24.3 Å². The lowest BCUT2D eigenvalue weighted by Gasteiger charge is -2.05. The second-order valence-electron chi connectivity index (χ2n) is 5.51. The van der Waals surface area contributed by atoms with Gasteiger partial charge in [0.05, 0.1) is 6.42 Å². The van der Waals surface area contributed by atoms with Crippen LogP contribution in [0, 0.1) is 0 Å². The number of nitrogens with one attached hydrogen (secondary N) is 1. The third-order valence-electron chi connectivity index (χ3n) is 3.70. The average Bonchev–Trinajstić information content (AvgIpc) is 2.54. The van der Waals surface area contributed by atoms with Crippen LogP contribution in [0.25, 0.3) is 10.8 Å². The summed E-state index contributed by atoms with van der Waals surface area (Å²) in [4.78, 5) is 12.0. The van der Waals surface area contributed by atoms with Crippen LogP contribution in [-0.2, 0) is 11.2 Å². The van der Waals surface area contributed by atoms with E-state index in [4.69, 9.17) is 0 Å². The molecule has 0 aliphatic heterocycles. The Morgan fingerprint density at radius 2 is 1.91 bits per heavy atom. The summed E-state index contributed by atoms with van der Waals surface area (Å²) in [6.45, 7) is 2.20. The quantitative estimate of drug-likeness (QED) is 0.436. The van der Waals surface area contributed by atoms with Gasteiger partial charge in [-0.05, 0) is 29.2 Å². The number of hydrogen-bond donors (Lipinski definition) is 1. The molecular weight excluding hydrogens is 272 g/mol. The lowest BCUT2D eigenvalue weighted by Crippen LogP contribution is -2.19. The van der Waals surface area contributed by atoms with Gasteiger partial charge in [-0.25, -0.2) is 5.43 Å². The van der Waals surface area contributed by atoms with Crippen LogP contribution in [0.1, 0.15) is 44.6 Å². The molecule has 2 rings (SSSR count). The molecule has 1 N–H and O–H groups in total. The first-order valence-electron chi connectivity index (χ1n) is 8.08. The molecule has 0 aliphatic rings. The van der Waals surface area contributed by atoms with Crippen molar-refractivity contribution in [1.82, 2.24) is 5.43 Å². The molecule has 0 bridgehead atoms. The number of hydrogen-bond acceptors (Lipinski definition) is 2. The minimum Gasteiger partial charge on any atom is -0.273 e. The molecule has 0 fully saturated rings. The Kier molecular flexibility index (Phi) is 6.62. The van der Waals surface area contributed by atoms with E-state index in [0.717, 1.165) is 29.2 Å². The Balaban J connectivity index is 1.82. The zero-order valence-corrected chi connectivity index (χ0v) is 13.2. The van der Waals surface area contributed by atoms with E-state index in [0.29, 0.717) is 6.42 Å². The highest BCUT2D eigenvalue weighted by Gasteiger charge is 2.05. The van der Waals surface area contributed by atoms with E-state index in [1.165, 1.54) is 19.3 Å². The van der Waals surface area contributed by atoms with Gasteiger partial charge in [0.2, 0.25) is 5.91 Å². The van der Waals surface area contributed by atoms with E-state index in [2.05, 4.69) is 35.7 Å². The van der Waals surface area contributed by atoms with Crippen molar-refractivity contribution < 1.29 is 4.79 Å². The van der Waals surface area contributed by atoms with Crippen molar-refractivity contribution >= 4 is 22.9 Å². The lowest BCUT2D eigenvalue weighted by molar-refractivity contribution is -0.120. The van der Waals surface area contributed by atoms with Crippen molar-refractivity contribution in [2.45, 2.75) is 45.4 Å². The molecule has 2 aromatic carbocycles. The van der Waals surface area contributed by atoms with Crippen LogP contribution in [0.4, 0.5) is 0 Å². The molecule has 3 heteroatoms. The summed E-state index contributed by atoms with van der Waals surface area (Å²) < 4.78 is 0. The van der Waals surface area contributed by atoms with Crippen molar-refractivity contribution in [1.29, 1.82) is 0 Å². The number of carbonyl (C=O) groups excluding carboxylic acids is 1. The highest BCUT2D eigenvalue weighted by molar-refractivity contribution is 5.90. The summed E-state index contributed by atoms with van der Waals surface area (Å²) in [7, 11) is 0. The number of hydrazone groups is 1. The minimum absolute atomic E-state index is 0.0684. The summed E-state index contributed by atoms with van der Waals surface area (Å²) in [6, 6.07) is 14.2. The van der Waals surface area contributed by atoms with Gasteiger partial charge < -0.3 is 0 Å². The monoisotopic (exact) mass is 296 g/mol. The van der Waals surface area contributed by atoms with Gasteiger partial charge in [0.25, 0.3) is 0 Å². The third kappa shape index (κ3) is 4.99. The first-order chi connectivity index (χ1) is 10.8. The Bertz CT molecular complexity index is 629. The van der Waals surface area contributed by atoms with Crippen molar-refractivity contribution in [3.05, 3.63) is 48.0 Å². The number of rotatable bonds is 8. The number of amides is 1. The van der Waals surface area contributed by atoms with Crippen LogP contribution in [0.3, 0.4) is 0 Å². The summed E-state index contributed by atoms with van der Waals surface area (Å²) >= 11 is 0. The molecular formula is C19H24N2O. The van der Waals surface area contributed by atoms with E-state index in [-0.39, 0.29) is 5.91 Å². The molecule has 1 amide bonds. The van der Waals surface area contributed by atoms with Gasteiger partial charge in [-0.1, -0.05) is 68.7 Å². The molecule has 0 atom stereocenters. The molecule has 0 heterocycles. The maximum absolute atomic E-state index is 12.0. The van der Waals surface area contributed by atoms with Gasteiger partial charge in [-0.3, -0.25) is 4.79 Å². The lowest BCUT2D eigenvalue weighted by atomic mass is 10.0.